The molecule has 0 radical (unpaired) electrons. The van der Waals surface area contributed by atoms with Crippen LogP contribution in [-0.4, -0.2) is 41.6 Å². The molecular weight excluding hydrogens is 270 g/mol. The van der Waals surface area contributed by atoms with Gasteiger partial charge >= 0.3 is 12.0 Å². The molecule has 0 aromatic heterocycles. The number of carbonyl (C=O) groups excluding carboxylic acids is 1. The smallest absolute Gasteiger partial charge is 0.326 e. The van der Waals surface area contributed by atoms with Gasteiger partial charge in [-0.05, 0) is 18.4 Å². The molecule has 0 saturated carbocycles. The van der Waals surface area contributed by atoms with Gasteiger partial charge in [0.1, 0.15) is 6.04 Å². The fourth-order valence-electron chi connectivity index (χ4n) is 1.79. The van der Waals surface area contributed by atoms with E-state index in [1.54, 1.807) is 0 Å². The molecule has 0 aliphatic carbocycles. The van der Waals surface area contributed by atoms with Crippen LogP contribution < -0.4 is 5.32 Å². The van der Waals surface area contributed by atoms with E-state index in [0.29, 0.717) is 12.8 Å². The van der Waals surface area contributed by atoms with E-state index in [1.807, 2.05) is 36.4 Å². The third-order valence-electron chi connectivity index (χ3n) is 3.07. The number of aryl methyl sites for hydroxylation is 1. The van der Waals surface area contributed by atoms with E-state index < -0.39 is 18.0 Å². The Balaban J connectivity index is 2.52. The number of benzene rings is 1. The fourth-order valence-corrected chi connectivity index (χ4v) is 1.79. The van der Waals surface area contributed by atoms with Crippen LogP contribution in [0.15, 0.2) is 30.3 Å². The van der Waals surface area contributed by atoms with Crippen molar-refractivity contribution in [3.63, 3.8) is 0 Å². The van der Waals surface area contributed by atoms with E-state index in [0.717, 1.165) is 5.56 Å². The summed E-state index contributed by atoms with van der Waals surface area (Å²) in [5, 5.41) is 20.1. The number of urea groups is 1. The van der Waals surface area contributed by atoms with Crippen LogP contribution in [-0.2, 0) is 11.2 Å². The zero-order valence-electron chi connectivity index (χ0n) is 12.0. The molecule has 1 rings (SSSR count). The summed E-state index contributed by atoms with van der Waals surface area (Å²) in [6, 6.07) is 10.0. The van der Waals surface area contributed by atoms with Gasteiger partial charge in [-0.1, -0.05) is 30.3 Å². The summed E-state index contributed by atoms with van der Waals surface area (Å²) in [7, 11) is 1.53. The highest BCUT2D eigenvalue weighted by atomic mass is 16.4. The average molecular weight is 289 g/mol. The number of carboxylic acid groups (broad SMARTS) is 1. The van der Waals surface area contributed by atoms with Gasteiger partial charge < -0.3 is 15.3 Å². The summed E-state index contributed by atoms with van der Waals surface area (Å²) >= 11 is 0. The van der Waals surface area contributed by atoms with Gasteiger partial charge in [-0.3, -0.25) is 0 Å². The van der Waals surface area contributed by atoms with Crippen LogP contribution in [0.2, 0.25) is 0 Å². The summed E-state index contributed by atoms with van der Waals surface area (Å²) in [4.78, 5) is 24.3. The van der Waals surface area contributed by atoms with Crippen molar-refractivity contribution in [1.29, 1.82) is 5.26 Å². The van der Waals surface area contributed by atoms with Gasteiger partial charge in [0.05, 0.1) is 12.5 Å². The van der Waals surface area contributed by atoms with Crippen molar-refractivity contribution in [3.05, 3.63) is 35.9 Å². The first-order valence-electron chi connectivity index (χ1n) is 6.70. The number of carbonyl (C=O) groups is 2. The van der Waals surface area contributed by atoms with Crippen LogP contribution in [0.25, 0.3) is 0 Å². The van der Waals surface area contributed by atoms with Gasteiger partial charge in [0.15, 0.2) is 0 Å². The number of rotatable bonds is 7. The van der Waals surface area contributed by atoms with Crippen molar-refractivity contribution >= 4 is 12.0 Å². The Kier molecular flexibility index (Phi) is 6.75. The average Bonchev–Trinajstić information content (AvgIpc) is 2.49. The molecule has 0 bridgehead atoms. The molecule has 0 aliphatic rings. The highest BCUT2D eigenvalue weighted by Crippen LogP contribution is 2.06. The van der Waals surface area contributed by atoms with Gasteiger partial charge in [0.2, 0.25) is 0 Å². The second kappa shape index (κ2) is 8.59. The highest BCUT2D eigenvalue weighted by Gasteiger charge is 2.21. The first kappa shape index (κ1) is 16.5. The first-order chi connectivity index (χ1) is 10.0. The topological polar surface area (TPSA) is 93.4 Å². The number of nitriles is 1. The molecule has 2 amide bonds. The Morgan fingerprint density at radius 2 is 2.05 bits per heavy atom. The molecule has 0 aliphatic heterocycles. The Labute approximate surface area is 124 Å². The largest absolute Gasteiger partial charge is 0.480 e. The molecule has 0 fully saturated rings. The van der Waals surface area contributed by atoms with Gasteiger partial charge in [-0.15, -0.1) is 0 Å². The minimum Gasteiger partial charge on any atom is -0.480 e. The Bertz CT molecular complexity index is 511. The summed E-state index contributed by atoms with van der Waals surface area (Å²) in [5.74, 6) is -1.06. The molecule has 1 atom stereocenters. The zero-order chi connectivity index (χ0) is 15.7. The predicted octanol–water partition coefficient (Wildman–Crippen LogP) is 1.63. The summed E-state index contributed by atoms with van der Waals surface area (Å²) in [6.45, 7) is 0.271. The van der Waals surface area contributed by atoms with Crippen molar-refractivity contribution in [1.82, 2.24) is 10.2 Å². The van der Waals surface area contributed by atoms with Gasteiger partial charge in [0.25, 0.3) is 0 Å². The normalized spacial score (nSPS) is 11.2. The lowest BCUT2D eigenvalue weighted by molar-refractivity contribution is -0.139. The third-order valence-corrected chi connectivity index (χ3v) is 3.07. The summed E-state index contributed by atoms with van der Waals surface area (Å²) in [5.41, 5.74) is 1.02. The number of nitrogens with one attached hydrogen (secondary N) is 1. The van der Waals surface area contributed by atoms with E-state index in [9.17, 15) is 14.7 Å². The van der Waals surface area contributed by atoms with Crippen LogP contribution >= 0.6 is 0 Å². The van der Waals surface area contributed by atoms with Crippen LogP contribution in [0.4, 0.5) is 4.79 Å². The number of amides is 2. The predicted molar refractivity (Wildman–Crippen MR) is 77.6 cm³/mol. The van der Waals surface area contributed by atoms with Crippen molar-refractivity contribution in [2.24, 2.45) is 0 Å². The van der Waals surface area contributed by atoms with Gasteiger partial charge in [-0.25, -0.2) is 9.59 Å². The van der Waals surface area contributed by atoms with Crippen LogP contribution in [0.5, 0.6) is 0 Å². The molecule has 1 aromatic carbocycles. The van der Waals surface area contributed by atoms with Crippen molar-refractivity contribution in [2.45, 2.75) is 25.3 Å². The van der Waals surface area contributed by atoms with E-state index >= 15 is 0 Å². The van der Waals surface area contributed by atoms with Crippen molar-refractivity contribution < 1.29 is 14.7 Å². The number of carboxylic acids is 1. The summed E-state index contributed by atoms with van der Waals surface area (Å²) in [6.07, 6.45) is 1.10. The monoisotopic (exact) mass is 289 g/mol. The molecular formula is C15H19N3O3. The van der Waals surface area contributed by atoms with E-state index in [4.69, 9.17) is 5.26 Å². The molecule has 6 heteroatoms. The maximum atomic E-state index is 11.8. The molecule has 1 unspecified atom stereocenters. The summed E-state index contributed by atoms with van der Waals surface area (Å²) < 4.78 is 0. The number of nitrogens with zero attached hydrogens (tertiary/aromatic N) is 2. The quantitative estimate of drug-likeness (QED) is 0.797. The third kappa shape index (κ3) is 5.95. The van der Waals surface area contributed by atoms with Crippen LogP contribution in [0, 0.1) is 11.3 Å². The van der Waals surface area contributed by atoms with Crippen molar-refractivity contribution in [2.75, 3.05) is 13.6 Å². The lowest BCUT2D eigenvalue weighted by Crippen LogP contribution is -2.47. The van der Waals surface area contributed by atoms with Crippen molar-refractivity contribution in [3.8, 4) is 6.07 Å². The lowest BCUT2D eigenvalue weighted by atomic mass is 10.1. The maximum absolute atomic E-state index is 11.8. The van der Waals surface area contributed by atoms with Crippen LogP contribution in [0.3, 0.4) is 0 Å². The minimum absolute atomic E-state index is 0.214. The molecule has 0 spiro atoms. The van der Waals surface area contributed by atoms with Gasteiger partial charge in [-0.2, -0.15) is 5.26 Å². The van der Waals surface area contributed by atoms with Crippen LogP contribution in [0.1, 0.15) is 18.4 Å². The molecule has 6 nitrogen and oxygen atoms in total. The Morgan fingerprint density at radius 3 is 2.62 bits per heavy atom. The zero-order valence-corrected chi connectivity index (χ0v) is 12.0. The highest BCUT2D eigenvalue weighted by molar-refractivity contribution is 5.82. The van der Waals surface area contributed by atoms with E-state index in [-0.39, 0.29) is 13.0 Å². The second-order valence-electron chi connectivity index (χ2n) is 4.69. The molecule has 1 aromatic rings. The minimum atomic E-state index is -1.06. The molecule has 0 heterocycles. The number of aliphatic carboxylic acids is 1. The van der Waals surface area contributed by atoms with E-state index in [1.165, 1.54) is 11.9 Å². The molecule has 0 saturated heterocycles. The first-order valence-corrected chi connectivity index (χ1v) is 6.70. The Morgan fingerprint density at radius 1 is 1.38 bits per heavy atom. The number of hydrogen-bond donors (Lipinski definition) is 2. The molecule has 2 N–H and O–H groups in total. The molecule has 112 valence electrons. The van der Waals surface area contributed by atoms with Gasteiger partial charge in [0, 0.05) is 13.6 Å². The second-order valence-corrected chi connectivity index (χ2v) is 4.69. The standard InChI is InChI=1S/C15H19N3O3/c1-18(11-5-10-16)15(21)17-13(14(19)20)9-8-12-6-3-2-4-7-12/h2-4,6-7,13H,5,8-9,11H2,1H3,(H,17,21)(H,19,20). The lowest BCUT2D eigenvalue weighted by Gasteiger charge is -2.20. The fraction of sp³-hybridized carbons (Fsp3) is 0.400. The number of hydrogen-bond acceptors (Lipinski definition) is 3. The maximum Gasteiger partial charge on any atom is 0.326 e. The SMILES string of the molecule is CN(CCC#N)C(=O)NC(CCc1ccccc1)C(=O)O. The molecule has 21 heavy (non-hydrogen) atoms. The Hall–Kier alpha value is -2.55. The van der Waals surface area contributed by atoms with E-state index in [2.05, 4.69) is 5.32 Å².